The number of nitrogens with one attached hydrogen (secondary N) is 1. The molecule has 198 valence electrons. The zero-order chi connectivity index (χ0) is 26.8. The van der Waals surface area contributed by atoms with E-state index in [1.807, 2.05) is 31.2 Å². The monoisotopic (exact) mass is 534 g/mol. The number of aliphatic imine (C=N–C) groups is 1. The van der Waals surface area contributed by atoms with Gasteiger partial charge in [0.05, 0.1) is 22.4 Å². The summed E-state index contributed by atoms with van der Waals surface area (Å²) in [7, 11) is 0. The molecule has 2 aromatic carbocycles. The van der Waals surface area contributed by atoms with Gasteiger partial charge >= 0.3 is 5.69 Å². The van der Waals surface area contributed by atoms with Gasteiger partial charge in [-0.25, -0.2) is 9.18 Å². The number of fused-ring (bicyclic) bond motifs is 1. The zero-order valence-corrected chi connectivity index (χ0v) is 22.1. The predicted octanol–water partition coefficient (Wildman–Crippen LogP) is 5.49. The lowest BCUT2D eigenvalue weighted by atomic mass is 10.0. The molecule has 1 aliphatic rings. The van der Waals surface area contributed by atoms with Gasteiger partial charge in [-0.15, -0.1) is 0 Å². The third-order valence-corrected chi connectivity index (χ3v) is 7.37. The minimum absolute atomic E-state index is 0.0559. The molecule has 38 heavy (non-hydrogen) atoms. The van der Waals surface area contributed by atoms with Gasteiger partial charge in [-0.1, -0.05) is 24.4 Å². The molecule has 1 saturated carbocycles. The van der Waals surface area contributed by atoms with Gasteiger partial charge in [0, 0.05) is 28.8 Å². The molecule has 0 saturated heterocycles. The van der Waals surface area contributed by atoms with Gasteiger partial charge in [-0.05, 0) is 87.1 Å². The predicted molar refractivity (Wildman–Crippen MR) is 152 cm³/mol. The van der Waals surface area contributed by atoms with E-state index in [0.717, 1.165) is 43.2 Å². The standard InChI is InChI=1S/C29H32ClFN6O/c1-17(32)5-4-6-18-13-23(26(31)24(30)14-18)25-15-20-16-37(29(38)36-28(20)35-25)22-11-9-19(10-12-22)27(33)34-21-7-2-3-8-21/h9-17,21H,2-8,32H2,1H3,(H2,33,34)(H,35,36,38)/t17-/m0/s1. The second kappa shape index (κ2) is 11.1. The molecule has 7 nitrogen and oxygen atoms in total. The van der Waals surface area contributed by atoms with Crippen LogP contribution in [-0.4, -0.2) is 32.5 Å². The van der Waals surface area contributed by atoms with E-state index in [1.54, 1.807) is 24.4 Å². The summed E-state index contributed by atoms with van der Waals surface area (Å²) in [6.45, 7) is 1.96. The number of H-pyrrole nitrogens is 1. The van der Waals surface area contributed by atoms with Gasteiger partial charge in [0.2, 0.25) is 0 Å². The number of hydrogen-bond acceptors (Lipinski definition) is 4. The molecule has 0 radical (unpaired) electrons. The van der Waals surface area contributed by atoms with Crippen molar-refractivity contribution in [1.29, 1.82) is 0 Å². The molecule has 1 fully saturated rings. The molecule has 2 heterocycles. The molecule has 0 unspecified atom stereocenters. The number of benzene rings is 2. The fraction of sp³-hybridized carbons (Fsp3) is 0.345. The number of aromatic nitrogens is 3. The summed E-state index contributed by atoms with van der Waals surface area (Å²) < 4.78 is 16.5. The van der Waals surface area contributed by atoms with E-state index in [9.17, 15) is 4.79 Å². The summed E-state index contributed by atoms with van der Waals surface area (Å²) in [6, 6.07) is 13.0. The summed E-state index contributed by atoms with van der Waals surface area (Å²) in [5.74, 6) is -0.00283. The topological polar surface area (TPSA) is 115 Å². The Bertz CT molecular complexity index is 1530. The van der Waals surface area contributed by atoms with Crippen LogP contribution < -0.4 is 17.2 Å². The minimum atomic E-state index is -0.517. The Labute approximate surface area is 225 Å². The highest BCUT2D eigenvalue weighted by atomic mass is 35.5. The maximum absolute atomic E-state index is 15.0. The van der Waals surface area contributed by atoms with Crippen molar-refractivity contribution in [2.24, 2.45) is 16.5 Å². The molecule has 0 bridgehead atoms. The number of hydrogen-bond donors (Lipinski definition) is 3. The van der Waals surface area contributed by atoms with Crippen molar-refractivity contribution in [2.75, 3.05) is 0 Å². The van der Waals surface area contributed by atoms with Gasteiger partial charge in [0.1, 0.15) is 11.5 Å². The summed E-state index contributed by atoms with van der Waals surface area (Å²) in [5.41, 5.74) is 15.2. The number of nitrogens with zero attached hydrogens (tertiary/aromatic N) is 3. The highest BCUT2D eigenvalue weighted by molar-refractivity contribution is 6.31. The smallest absolute Gasteiger partial charge is 0.354 e. The lowest BCUT2D eigenvalue weighted by Crippen LogP contribution is -2.21. The number of nitrogens with two attached hydrogens (primary N) is 2. The Morgan fingerprint density at radius 2 is 1.97 bits per heavy atom. The number of rotatable bonds is 8. The van der Waals surface area contributed by atoms with Crippen LogP contribution in [-0.2, 0) is 6.42 Å². The highest BCUT2D eigenvalue weighted by Gasteiger charge is 2.17. The van der Waals surface area contributed by atoms with Crippen LogP contribution in [0.3, 0.4) is 0 Å². The van der Waals surface area contributed by atoms with Crippen LogP contribution >= 0.6 is 11.6 Å². The molecule has 1 aliphatic carbocycles. The first kappa shape index (κ1) is 26.1. The molecule has 5 N–H and O–H groups in total. The number of aromatic amines is 1. The Hall–Kier alpha value is -3.49. The lowest BCUT2D eigenvalue weighted by Gasteiger charge is -2.09. The van der Waals surface area contributed by atoms with Crippen LogP contribution in [0.2, 0.25) is 5.02 Å². The van der Waals surface area contributed by atoms with E-state index >= 15 is 4.39 Å². The van der Waals surface area contributed by atoms with E-state index in [1.165, 1.54) is 17.4 Å². The first-order valence-corrected chi connectivity index (χ1v) is 13.5. The quantitative estimate of drug-likeness (QED) is 0.205. The third-order valence-electron chi connectivity index (χ3n) is 7.10. The third kappa shape index (κ3) is 5.66. The molecule has 0 spiro atoms. The number of halogens is 2. The molecule has 0 aliphatic heterocycles. The average molecular weight is 535 g/mol. The van der Waals surface area contributed by atoms with E-state index in [0.29, 0.717) is 39.9 Å². The summed E-state index contributed by atoms with van der Waals surface area (Å²) in [6.07, 6.45) is 8.72. The lowest BCUT2D eigenvalue weighted by molar-refractivity contribution is 0.618. The van der Waals surface area contributed by atoms with Crippen molar-refractivity contribution in [3.8, 4) is 16.9 Å². The van der Waals surface area contributed by atoms with Crippen molar-refractivity contribution in [2.45, 2.75) is 64.0 Å². The van der Waals surface area contributed by atoms with Crippen LogP contribution in [0.4, 0.5) is 4.39 Å². The molecule has 4 aromatic rings. The van der Waals surface area contributed by atoms with E-state index in [2.05, 4.69) is 15.0 Å². The molecular weight excluding hydrogens is 503 g/mol. The van der Waals surface area contributed by atoms with Crippen LogP contribution in [0.1, 0.15) is 56.6 Å². The van der Waals surface area contributed by atoms with Crippen LogP contribution in [0.5, 0.6) is 0 Å². The second-order valence-corrected chi connectivity index (χ2v) is 10.6. The van der Waals surface area contributed by atoms with Crippen molar-refractivity contribution < 1.29 is 4.39 Å². The Morgan fingerprint density at radius 1 is 1.24 bits per heavy atom. The maximum atomic E-state index is 15.0. The Balaban J connectivity index is 1.43. The normalized spacial score (nSPS) is 15.4. The first-order valence-electron chi connectivity index (χ1n) is 13.1. The van der Waals surface area contributed by atoms with Gasteiger partial charge in [0.15, 0.2) is 5.82 Å². The van der Waals surface area contributed by atoms with E-state index < -0.39 is 11.5 Å². The zero-order valence-electron chi connectivity index (χ0n) is 21.4. The number of aryl methyl sites for hydroxylation is 1. The van der Waals surface area contributed by atoms with Gasteiger partial charge in [-0.2, -0.15) is 4.98 Å². The number of amidine groups is 1. The maximum Gasteiger partial charge on any atom is 0.354 e. The molecule has 9 heteroatoms. The van der Waals surface area contributed by atoms with Crippen LogP contribution in [0.15, 0.2) is 58.4 Å². The van der Waals surface area contributed by atoms with Crippen molar-refractivity contribution in [1.82, 2.24) is 14.5 Å². The van der Waals surface area contributed by atoms with Crippen molar-refractivity contribution >= 4 is 28.5 Å². The fourth-order valence-electron chi connectivity index (χ4n) is 5.04. The van der Waals surface area contributed by atoms with Gasteiger partial charge in [-0.3, -0.25) is 9.56 Å². The molecule has 0 amide bonds. The van der Waals surface area contributed by atoms with Gasteiger partial charge < -0.3 is 16.5 Å². The van der Waals surface area contributed by atoms with Crippen molar-refractivity contribution in [3.05, 3.63) is 81.1 Å². The summed E-state index contributed by atoms with van der Waals surface area (Å²) in [4.78, 5) is 24.8. The first-order chi connectivity index (χ1) is 18.3. The minimum Gasteiger partial charge on any atom is -0.383 e. The molecular formula is C29H32ClFN6O. The SMILES string of the molecule is C[C@H](N)CCCc1cc(Cl)c(F)c(-c2cc3cn(-c4ccc(C(N)=NC5CCCC5)cc4)c(=O)nc3[nH]2)c1. The Kier molecular flexibility index (Phi) is 7.63. The van der Waals surface area contributed by atoms with Crippen molar-refractivity contribution in [3.63, 3.8) is 0 Å². The Morgan fingerprint density at radius 3 is 2.68 bits per heavy atom. The fourth-order valence-corrected chi connectivity index (χ4v) is 5.28. The second-order valence-electron chi connectivity index (χ2n) is 10.2. The van der Waals surface area contributed by atoms with Crippen LogP contribution in [0.25, 0.3) is 28.0 Å². The largest absolute Gasteiger partial charge is 0.383 e. The van der Waals surface area contributed by atoms with E-state index in [4.69, 9.17) is 23.1 Å². The molecule has 2 aromatic heterocycles. The summed E-state index contributed by atoms with van der Waals surface area (Å²) >= 11 is 6.22. The summed E-state index contributed by atoms with van der Waals surface area (Å²) in [5, 5.41) is 0.726. The highest BCUT2D eigenvalue weighted by Crippen LogP contribution is 2.31. The van der Waals surface area contributed by atoms with E-state index in [-0.39, 0.29) is 11.1 Å². The molecule has 5 rings (SSSR count). The molecule has 1 atom stereocenters. The van der Waals surface area contributed by atoms with Gasteiger partial charge in [0.25, 0.3) is 0 Å². The average Bonchev–Trinajstić information content (AvgIpc) is 3.55. The van der Waals surface area contributed by atoms with Crippen LogP contribution in [0, 0.1) is 5.82 Å².